The molecule has 0 aromatic carbocycles. The van der Waals surface area contributed by atoms with E-state index >= 15 is 0 Å². The number of allylic oxidation sites excluding steroid dienone is 1. The van der Waals surface area contributed by atoms with Crippen LogP contribution >= 0.6 is 22.6 Å². The fourth-order valence-electron chi connectivity index (χ4n) is 0.718. The van der Waals surface area contributed by atoms with Gasteiger partial charge in [0.05, 0.1) is 0 Å². The van der Waals surface area contributed by atoms with Gasteiger partial charge in [0.15, 0.2) is 0 Å². The molecule has 0 atom stereocenters. The molecule has 0 saturated carbocycles. The van der Waals surface area contributed by atoms with Crippen LogP contribution in [0.15, 0.2) is 12.2 Å². The lowest BCUT2D eigenvalue weighted by atomic mass is 10.1. The number of hydrogen-bond acceptors (Lipinski definition) is 0. The Balaban J connectivity index is 3.55. The van der Waals surface area contributed by atoms with Gasteiger partial charge in [-0.2, -0.15) is 0 Å². The molecule has 0 spiro atoms. The van der Waals surface area contributed by atoms with E-state index < -0.39 is 0 Å². The summed E-state index contributed by atoms with van der Waals surface area (Å²) in [5, 5.41) is 0. The molecule has 0 aliphatic carbocycles. The molecule has 0 amide bonds. The molecule has 0 aliphatic rings. The highest BCUT2D eigenvalue weighted by atomic mass is 127. The van der Waals surface area contributed by atoms with Gasteiger partial charge in [0.25, 0.3) is 0 Å². The first-order valence-electron chi connectivity index (χ1n) is 2.75. The molecule has 1 heteroatoms. The maximum Gasteiger partial charge on any atom is 0.0202 e. The van der Waals surface area contributed by atoms with Crippen LogP contribution in [0.1, 0.15) is 27.2 Å². The third-order valence-corrected chi connectivity index (χ3v) is 1.10. The standard InChI is InChI=1S/C7H13I/c1-6(2)5-7(3,4)8/h1,5H2,2-4H3. The van der Waals surface area contributed by atoms with E-state index in [1.165, 1.54) is 5.57 Å². The zero-order valence-electron chi connectivity index (χ0n) is 5.79. The Morgan fingerprint density at radius 3 is 2.00 bits per heavy atom. The van der Waals surface area contributed by atoms with Gasteiger partial charge in [-0.25, -0.2) is 0 Å². The molecular formula is C7H13I. The number of alkyl halides is 1. The molecule has 0 bridgehead atoms. The average Bonchev–Trinajstić information content (AvgIpc) is 1.21. The van der Waals surface area contributed by atoms with Gasteiger partial charge in [-0.1, -0.05) is 42.0 Å². The summed E-state index contributed by atoms with van der Waals surface area (Å²) in [6, 6.07) is 0. The monoisotopic (exact) mass is 224 g/mol. The van der Waals surface area contributed by atoms with E-state index in [2.05, 4.69) is 49.9 Å². The first-order chi connectivity index (χ1) is 3.42. The predicted molar refractivity (Wildman–Crippen MR) is 47.5 cm³/mol. The van der Waals surface area contributed by atoms with E-state index in [0.29, 0.717) is 3.42 Å². The molecule has 0 aromatic rings. The topological polar surface area (TPSA) is 0 Å². The summed E-state index contributed by atoms with van der Waals surface area (Å²) < 4.78 is 0.392. The molecule has 0 fully saturated rings. The minimum atomic E-state index is 0.392. The van der Waals surface area contributed by atoms with Crippen LogP contribution in [-0.4, -0.2) is 3.42 Å². The van der Waals surface area contributed by atoms with Crippen LogP contribution in [0.3, 0.4) is 0 Å². The number of rotatable bonds is 2. The number of hydrogen-bond donors (Lipinski definition) is 0. The van der Waals surface area contributed by atoms with Crippen molar-refractivity contribution in [3.05, 3.63) is 12.2 Å². The van der Waals surface area contributed by atoms with Crippen molar-refractivity contribution in [1.82, 2.24) is 0 Å². The van der Waals surface area contributed by atoms with Gasteiger partial charge in [-0.15, -0.1) is 6.58 Å². The van der Waals surface area contributed by atoms with E-state index in [-0.39, 0.29) is 0 Å². The highest BCUT2D eigenvalue weighted by molar-refractivity contribution is 14.1. The largest absolute Gasteiger partial charge is 0.100 e. The summed E-state index contributed by atoms with van der Waals surface area (Å²) in [5.41, 5.74) is 1.27. The summed E-state index contributed by atoms with van der Waals surface area (Å²) >= 11 is 2.43. The second-order valence-corrected chi connectivity index (χ2v) is 5.77. The van der Waals surface area contributed by atoms with Crippen LogP contribution in [0.2, 0.25) is 0 Å². The number of halogens is 1. The molecule has 0 unspecified atom stereocenters. The van der Waals surface area contributed by atoms with Crippen molar-refractivity contribution >= 4 is 22.6 Å². The zero-order valence-corrected chi connectivity index (χ0v) is 7.95. The second kappa shape index (κ2) is 2.85. The Kier molecular flexibility index (Phi) is 3.02. The van der Waals surface area contributed by atoms with Gasteiger partial charge in [0, 0.05) is 3.42 Å². The molecule has 0 N–H and O–H groups in total. The molecule has 48 valence electrons. The normalized spacial score (nSPS) is 11.5. The van der Waals surface area contributed by atoms with E-state index in [0.717, 1.165) is 6.42 Å². The summed E-state index contributed by atoms with van der Waals surface area (Å²) in [5.74, 6) is 0. The Hall–Kier alpha value is 0.470. The van der Waals surface area contributed by atoms with Gasteiger partial charge in [-0.05, 0) is 13.3 Å². The molecule has 0 aliphatic heterocycles. The maximum atomic E-state index is 3.84. The smallest absolute Gasteiger partial charge is 0.0202 e. The molecule has 8 heavy (non-hydrogen) atoms. The fourth-order valence-corrected chi connectivity index (χ4v) is 1.37. The van der Waals surface area contributed by atoms with Crippen LogP contribution < -0.4 is 0 Å². The molecule has 0 heterocycles. The highest BCUT2D eigenvalue weighted by Gasteiger charge is 2.10. The van der Waals surface area contributed by atoms with Crippen LogP contribution in [-0.2, 0) is 0 Å². The Labute approximate surface area is 65.5 Å². The molecule has 0 saturated heterocycles. The average molecular weight is 224 g/mol. The van der Waals surface area contributed by atoms with E-state index in [1.807, 2.05) is 0 Å². The summed E-state index contributed by atoms with van der Waals surface area (Å²) in [6.45, 7) is 10.3. The summed E-state index contributed by atoms with van der Waals surface area (Å²) in [4.78, 5) is 0. The second-order valence-electron chi connectivity index (χ2n) is 2.85. The van der Waals surface area contributed by atoms with Gasteiger partial charge >= 0.3 is 0 Å². The molecule has 0 nitrogen and oxygen atoms in total. The molecule has 0 radical (unpaired) electrons. The minimum absolute atomic E-state index is 0.392. The lowest BCUT2D eigenvalue weighted by molar-refractivity contribution is 0.739. The van der Waals surface area contributed by atoms with Gasteiger partial charge in [0.1, 0.15) is 0 Å². The summed E-state index contributed by atoms with van der Waals surface area (Å²) in [6.07, 6.45) is 1.12. The minimum Gasteiger partial charge on any atom is -0.100 e. The molecule has 0 rings (SSSR count). The highest BCUT2D eigenvalue weighted by Crippen LogP contribution is 2.24. The van der Waals surface area contributed by atoms with Crippen molar-refractivity contribution in [2.75, 3.05) is 0 Å². The first kappa shape index (κ1) is 8.47. The predicted octanol–water partition coefficient (Wildman–Crippen LogP) is 3.17. The first-order valence-corrected chi connectivity index (χ1v) is 3.83. The Bertz CT molecular complexity index is 87.1. The van der Waals surface area contributed by atoms with Crippen molar-refractivity contribution < 1.29 is 0 Å². The third kappa shape index (κ3) is 6.47. The van der Waals surface area contributed by atoms with Gasteiger partial charge in [0.2, 0.25) is 0 Å². The van der Waals surface area contributed by atoms with Crippen LogP contribution in [0.4, 0.5) is 0 Å². The quantitative estimate of drug-likeness (QED) is 0.384. The van der Waals surface area contributed by atoms with Gasteiger partial charge in [-0.3, -0.25) is 0 Å². The van der Waals surface area contributed by atoms with Crippen LogP contribution in [0, 0.1) is 0 Å². The van der Waals surface area contributed by atoms with Crippen molar-refractivity contribution in [2.45, 2.75) is 30.6 Å². The van der Waals surface area contributed by atoms with Crippen molar-refractivity contribution in [1.29, 1.82) is 0 Å². The molecule has 0 aromatic heterocycles. The van der Waals surface area contributed by atoms with E-state index in [4.69, 9.17) is 0 Å². The van der Waals surface area contributed by atoms with Crippen molar-refractivity contribution in [3.8, 4) is 0 Å². The zero-order chi connectivity index (χ0) is 6.78. The van der Waals surface area contributed by atoms with Crippen LogP contribution in [0.25, 0.3) is 0 Å². The SMILES string of the molecule is C=C(C)CC(C)(C)I. The van der Waals surface area contributed by atoms with E-state index in [1.54, 1.807) is 0 Å². The fraction of sp³-hybridized carbons (Fsp3) is 0.714. The summed E-state index contributed by atoms with van der Waals surface area (Å²) in [7, 11) is 0. The third-order valence-electron chi connectivity index (χ3n) is 0.722. The Morgan fingerprint density at radius 1 is 1.62 bits per heavy atom. The maximum absolute atomic E-state index is 3.84. The van der Waals surface area contributed by atoms with Crippen molar-refractivity contribution in [3.63, 3.8) is 0 Å². The van der Waals surface area contributed by atoms with Gasteiger partial charge < -0.3 is 0 Å². The lowest BCUT2D eigenvalue weighted by Crippen LogP contribution is -2.08. The lowest BCUT2D eigenvalue weighted by Gasteiger charge is -2.14. The molecular weight excluding hydrogens is 211 g/mol. The van der Waals surface area contributed by atoms with E-state index in [9.17, 15) is 0 Å². The van der Waals surface area contributed by atoms with Crippen molar-refractivity contribution in [2.24, 2.45) is 0 Å². The Morgan fingerprint density at radius 2 is 2.00 bits per heavy atom. The van der Waals surface area contributed by atoms with Crippen LogP contribution in [0.5, 0.6) is 0 Å².